The summed E-state index contributed by atoms with van der Waals surface area (Å²) in [7, 11) is -1.23. The monoisotopic (exact) mass is 1130 g/mol. The summed E-state index contributed by atoms with van der Waals surface area (Å²) < 4.78 is 31.6. The molecule has 0 fully saturated rings. The van der Waals surface area contributed by atoms with Crippen molar-refractivity contribution >= 4 is 47.9 Å². The molecule has 0 spiro atoms. The predicted octanol–water partition coefficient (Wildman–Crippen LogP) is 15.9. The molecule has 0 aliphatic heterocycles. The first-order valence-corrected chi connectivity index (χ1v) is 29.7. The summed E-state index contributed by atoms with van der Waals surface area (Å²) in [4.78, 5) is 50.8. The lowest BCUT2D eigenvalue weighted by Crippen LogP contribution is -2.33. The van der Waals surface area contributed by atoms with Gasteiger partial charge in [-0.15, -0.1) is 0 Å². The van der Waals surface area contributed by atoms with Crippen LogP contribution in [0, 0.1) is 16.7 Å². The van der Waals surface area contributed by atoms with Gasteiger partial charge in [-0.2, -0.15) is 5.26 Å². The minimum atomic E-state index is -1.23. The highest BCUT2D eigenvalue weighted by Crippen LogP contribution is 2.46. The van der Waals surface area contributed by atoms with Crippen molar-refractivity contribution in [1.29, 1.82) is 5.26 Å². The fourth-order valence-corrected chi connectivity index (χ4v) is 10.8. The van der Waals surface area contributed by atoms with Crippen molar-refractivity contribution in [3.63, 3.8) is 0 Å². The Bertz CT molecular complexity index is 3080. The van der Waals surface area contributed by atoms with Crippen molar-refractivity contribution in [2.45, 2.75) is 170 Å². The van der Waals surface area contributed by atoms with Gasteiger partial charge in [0.1, 0.15) is 30.1 Å². The summed E-state index contributed by atoms with van der Waals surface area (Å²) in [6.07, 6.45) is 10.6. The van der Waals surface area contributed by atoms with Gasteiger partial charge in [-0.3, -0.25) is 4.79 Å². The average Bonchev–Trinajstić information content (AvgIpc) is 3.44. The predicted molar refractivity (Wildman–Crippen MR) is 324 cm³/mol. The number of carbonyl (C=O) groups is 1. The van der Waals surface area contributed by atoms with Gasteiger partial charge in [-0.05, 0) is 130 Å². The molecule has 0 saturated heterocycles. The minimum Gasteiger partial charge on any atom is -0.507 e. The van der Waals surface area contributed by atoms with Crippen LogP contribution >= 0.6 is 8.53 Å². The molecule has 0 radical (unpaired) electrons. The maximum Gasteiger partial charge on any atom is 0.343 e. The SMILES string of the molecule is CC(CC(c1ccccc1)c1c(OC(=O)C(C)(C)C)c2ccccc2oc1=O)=NOCCCCCCOP(OCCC#N)N(C(C)C)C(C)C.CCCCCCCON=C(C)CC(c1ccccc1)c1c(O)c2ccccc2oc1=O. The first-order valence-electron chi connectivity index (χ1n) is 28.6. The van der Waals surface area contributed by atoms with E-state index >= 15 is 0 Å². The van der Waals surface area contributed by atoms with Crippen LogP contribution in [-0.2, 0) is 23.5 Å². The van der Waals surface area contributed by atoms with Crippen molar-refractivity contribution < 1.29 is 42.2 Å². The van der Waals surface area contributed by atoms with Crippen LogP contribution in [0.5, 0.6) is 11.5 Å². The van der Waals surface area contributed by atoms with Crippen LogP contribution in [0.3, 0.4) is 0 Å². The van der Waals surface area contributed by atoms with E-state index in [-0.39, 0.29) is 40.6 Å². The Kier molecular flexibility index (Phi) is 27.3. The zero-order valence-corrected chi connectivity index (χ0v) is 50.2. The molecule has 16 heteroatoms. The van der Waals surface area contributed by atoms with Crippen molar-refractivity contribution in [3.8, 4) is 17.6 Å². The first kappa shape index (κ1) is 65.1. The second kappa shape index (κ2) is 33.9. The van der Waals surface area contributed by atoms with E-state index < -0.39 is 37.1 Å². The van der Waals surface area contributed by atoms with E-state index in [1.54, 1.807) is 57.2 Å². The molecule has 4 aromatic carbocycles. The first-order chi connectivity index (χ1) is 39.0. The van der Waals surface area contributed by atoms with Crippen LogP contribution in [0.15, 0.2) is 138 Å². The van der Waals surface area contributed by atoms with Gasteiger partial charge >= 0.3 is 17.2 Å². The number of oxime groups is 2. The Morgan fingerprint density at radius 1 is 0.630 bits per heavy atom. The molecule has 0 aliphatic carbocycles. The molecule has 0 saturated carbocycles. The quantitative estimate of drug-likeness (QED) is 0.0108. The highest BCUT2D eigenvalue weighted by atomic mass is 31.2. The maximum atomic E-state index is 13.6. The Morgan fingerprint density at radius 3 is 1.58 bits per heavy atom. The topological polar surface area (TPSA) is 196 Å². The Morgan fingerprint density at radius 2 is 1.07 bits per heavy atom. The second-order valence-electron chi connectivity index (χ2n) is 21.8. The Labute approximate surface area is 480 Å². The summed E-state index contributed by atoms with van der Waals surface area (Å²) in [5.74, 6) is -1.15. The highest BCUT2D eigenvalue weighted by Gasteiger charge is 2.32. The molecule has 1 N–H and O–H groups in total. The van der Waals surface area contributed by atoms with Gasteiger partial charge in [0.15, 0.2) is 5.75 Å². The molecular formula is C65H85N4O11P. The van der Waals surface area contributed by atoms with E-state index in [2.05, 4.69) is 55.7 Å². The number of benzene rings is 4. The van der Waals surface area contributed by atoms with Crippen LogP contribution < -0.4 is 16.0 Å². The summed E-state index contributed by atoms with van der Waals surface area (Å²) in [6.45, 7) is 21.8. The van der Waals surface area contributed by atoms with Gasteiger partial charge in [0, 0.05) is 36.8 Å². The lowest BCUT2D eigenvalue weighted by atomic mass is 9.86. The summed E-state index contributed by atoms with van der Waals surface area (Å²) >= 11 is 0. The largest absolute Gasteiger partial charge is 0.507 e. The molecule has 3 atom stereocenters. The summed E-state index contributed by atoms with van der Waals surface area (Å²) in [5.41, 5.74) is 2.59. The van der Waals surface area contributed by atoms with E-state index in [0.717, 1.165) is 55.4 Å². The van der Waals surface area contributed by atoms with Crippen molar-refractivity contribution in [2.75, 3.05) is 26.4 Å². The van der Waals surface area contributed by atoms with Crippen LogP contribution in [-0.4, -0.2) is 65.7 Å². The number of ether oxygens (including phenoxy) is 1. The number of para-hydroxylation sites is 2. The van der Waals surface area contributed by atoms with E-state index in [1.807, 2.05) is 86.6 Å². The molecule has 2 heterocycles. The second-order valence-corrected chi connectivity index (χ2v) is 23.2. The molecule has 6 aromatic rings. The van der Waals surface area contributed by atoms with Crippen molar-refractivity contribution in [3.05, 3.63) is 152 Å². The molecule has 81 heavy (non-hydrogen) atoms. The number of carbonyl (C=O) groups excluding carboxylic acids is 1. The fraction of sp³-hybridized carbons (Fsp3) is 0.477. The van der Waals surface area contributed by atoms with Gasteiger partial charge in [-0.1, -0.05) is 128 Å². The van der Waals surface area contributed by atoms with Crippen LogP contribution in [0.25, 0.3) is 21.9 Å². The minimum absolute atomic E-state index is 0.0367. The van der Waals surface area contributed by atoms with Gasteiger partial charge < -0.3 is 37.4 Å². The third-order valence-corrected chi connectivity index (χ3v) is 15.4. The van der Waals surface area contributed by atoms with Gasteiger partial charge in [0.25, 0.3) is 8.53 Å². The van der Waals surface area contributed by atoms with Crippen LogP contribution in [0.2, 0.25) is 0 Å². The number of nitrogens with zero attached hydrogens (tertiary/aromatic N) is 4. The van der Waals surface area contributed by atoms with Gasteiger partial charge in [0.05, 0.1) is 64.4 Å². The van der Waals surface area contributed by atoms with E-state index in [4.69, 9.17) is 37.6 Å². The molecule has 0 bridgehead atoms. The zero-order valence-electron chi connectivity index (χ0n) is 49.3. The summed E-state index contributed by atoms with van der Waals surface area (Å²) in [6, 6.07) is 36.0. The number of fused-ring (bicyclic) bond motifs is 2. The van der Waals surface area contributed by atoms with Crippen molar-refractivity contribution in [1.82, 2.24) is 4.67 Å². The molecule has 3 unspecified atom stereocenters. The molecule has 436 valence electrons. The fourth-order valence-electron chi connectivity index (χ4n) is 9.22. The number of nitriles is 1. The van der Waals surface area contributed by atoms with E-state index in [0.29, 0.717) is 73.3 Å². The Balaban J connectivity index is 0.000000331. The maximum absolute atomic E-state index is 13.6. The normalized spacial score (nSPS) is 13.2. The number of hydrogen-bond donors (Lipinski definition) is 1. The smallest absolute Gasteiger partial charge is 0.343 e. The molecule has 2 aromatic heterocycles. The van der Waals surface area contributed by atoms with Gasteiger partial charge in [0.2, 0.25) is 0 Å². The van der Waals surface area contributed by atoms with E-state index in [1.165, 1.54) is 19.3 Å². The number of aromatic hydroxyl groups is 1. The molecule has 6 rings (SSSR count). The summed E-state index contributed by atoms with van der Waals surface area (Å²) in [5, 5.41) is 29.6. The standard InChI is InChI=1S/C39H54N3O7P.C26H31NO4/c1-28(2)42(29(3)4)50(47-26-18-23-40)46-25-17-10-9-16-24-45-41-30(5)27-33(31-19-12-11-13-20-31)35-36(49-38(44)39(6,7)8)32-21-14-15-22-34(32)48-37(35)43;1-3-4-5-6-12-17-30-27-19(2)18-22(20-13-8-7-9-14-20)24-25(28)21-15-10-11-16-23(21)31-26(24)29/h11-15,19-22,28-29,33H,9-10,16-18,24-27H2,1-8H3;7-11,13-16,22,28H,3-6,12,17-18H2,1-2H3. The van der Waals surface area contributed by atoms with Crippen LogP contribution in [0.4, 0.5) is 0 Å². The number of hydrogen-bond acceptors (Lipinski definition) is 15. The lowest BCUT2D eigenvalue weighted by Gasteiger charge is -2.35. The molecule has 0 amide bonds. The molecule has 15 nitrogen and oxygen atoms in total. The number of esters is 1. The Hall–Kier alpha value is -6.69. The van der Waals surface area contributed by atoms with Crippen molar-refractivity contribution in [2.24, 2.45) is 15.7 Å². The van der Waals surface area contributed by atoms with Crippen LogP contribution in [0.1, 0.15) is 180 Å². The van der Waals surface area contributed by atoms with Gasteiger partial charge in [-0.25, -0.2) is 14.3 Å². The molecular weight excluding hydrogens is 1040 g/mol. The molecule has 0 aliphatic rings. The highest BCUT2D eigenvalue weighted by molar-refractivity contribution is 7.44. The average molecular weight is 1130 g/mol. The third kappa shape index (κ3) is 20.4. The third-order valence-electron chi connectivity index (χ3n) is 13.3. The number of rotatable bonds is 31. The van der Waals surface area contributed by atoms with E-state index in [9.17, 15) is 19.5 Å². The zero-order chi connectivity index (χ0) is 58.7. The lowest BCUT2D eigenvalue weighted by molar-refractivity contribution is -0.142. The number of unbranched alkanes of at least 4 members (excludes halogenated alkanes) is 7.